The van der Waals surface area contributed by atoms with Gasteiger partial charge in [0.15, 0.2) is 0 Å². The molecule has 2 aromatic carbocycles. The van der Waals surface area contributed by atoms with Crippen LogP contribution in [0.3, 0.4) is 0 Å². The number of pyridine rings is 1. The number of carbonyl (C=O) groups excluding carboxylic acids is 2. The number of carbonyl (C=O) groups is 2. The average molecular weight is 343 g/mol. The second-order valence-corrected chi connectivity index (χ2v) is 5.05. The Labute approximate surface area is 149 Å². The number of nitriles is 1. The first-order chi connectivity index (χ1) is 12.7. The molecule has 0 aliphatic carbocycles. The highest BCUT2D eigenvalue weighted by Gasteiger charge is 2.16. The highest BCUT2D eigenvalue weighted by molar-refractivity contribution is 5.91. The van der Waals surface area contributed by atoms with Crippen molar-refractivity contribution < 1.29 is 19.1 Å². The molecule has 0 N–H and O–H groups in total. The lowest BCUT2D eigenvalue weighted by molar-refractivity contribution is 0.0717. The predicted molar refractivity (Wildman–Crippen MR) is 90.6 cm³/mol. The first-order valence-corrected chi connectivity index (χ1v) is 7.54. The maximum absolute atomic E-state index is 12.1. The van der Waals surface area contributed by atoms with Crippen molar-refractivity contribution in [3.63, 3.8) is 0 Å². The van der Waals surface area contributed by atoms with Crippen LogP contribution >= 0.6 is 0 Å². The summed E-state index contributed by atoms with van der Waals surface area (Å²) in [4.78, 5) is 28.2. The van der Waals surface area contributed by atoms with Gasteiger partial charge in [0.25, 0.3) is 0 Å². The lowest BCUT2D eigenvalue weighted by Gasteiger charge is -2.08. The molecule has 0 saturated heterocycles. The number of esters is 2. The van der Waals surface area contributed by atoms with Gasteiger partial charge >= 0.3 is 11.9 Å². The van der Waals surface area contributed by atoms with E-state index in [4.69, 9.17) is 14.7 Å². The number of ether oxygens (including phenoxy) is 2. The van der Waals surface area contributed by atoms with E-state index in [0.717, 1.165) is 0 Å². The molecule has 6 heteroatoms. The Hall–Kier alpha value is -3.98. The molecular formula is C20H11N2O4. The average Bonchev–Trinajstić information content (AvgIpc) is 2.69. The number of nitrogens with zero attached hydrogens (tertiary/aromatic N) is 2. The fourth-order valence-corrected chi connectivity index (χ4v) is 2.04. The van der Waals surface area contributed by atoms with Gasteiger partial charge in [-0.2, -0.15) is 10.2 Å². The van der Waals surface area contributed by atoms with E-state index in [0.29, 0.717) is 5.56 Å². The predicted octanol–water partition coefficient (Wildman–Crippen LogP) is 3.19. The van der Waals surface area contributed by atoms with Crippen LogP contribution < -0.4 is 9.47 Å². The Kier molecular flexibility index (Phi) is 5.01. The molecule has 0 aliphatic heterocycles. The quantitative estimate of drug-likeness (QED) is 0.676. The summed E-state index contributed by atoms with van der Waals surface area (Å²) in [6.07, 6.45) is 0. The van der Waals surface area contributed by atoms with Crippen LogP contribution in [0.1, 0.15) is 26.3 Å². The monoisotopic (exact) mass is 343 g/mol. The van der Waals surface area contributed by atoms with Gasteiger partial charge in [-0.1, -0.05) is 30.3 Å². The minimum absolute atomic E-state index is 0.0420. The number of aromatic nitrogens is 1. The van der Waals surface area contributed by atoms with Crippen LogP contribution in [-0.4, -0.2) is 16.9 Å². The van der Waals surface area contributed by atoms with E-state index in [1.807, 2.05) is 6.07 Å². The van der Waals surface area contributed by atoms with E-state index < -0.39 is 11.9 Å². The molecule has 0 unspecified atom stereocenters. The number of benzene rings is 2. The van der Waals surface area contributed by atoms with Gasteiger partial charge < -0.3 is 9.47 Å². The molecule has 26 heavy (non-hydrogen) atoms. The van der Waals surface area contributed by atoms with Gasteiger partial charge in [0, 0.05) is 6.07 Å². The van der Waals surface area contributed by atoms with Crippen LogP contribution in [0, 0.1) is 17.4 Å². The van der Waals surface area contributed by atoms with Gasteiger partial charge in [0.1, 0.15) is 11.6 Å². The summed E-state index contributed by atoms with van der Waals surface area (Å²) in [5, 5.41) is 9.16. The summed E-state index contributed by atoms with van der Waals surface area (Å²) in [6.45, 7) is 0. The van der Waals surface area contributed by atoms with Gasteiger partial charge in [-0.05, 0) is 36.4 Å². The molecule has 3 aromatic rings. The zero-order valence-electron chi connectivity index (χ0n) is 13.4. The fourth-order valence-electron chi connectivity index (χ4n) is 2.04. The third-order valence-corrected chi connectivity index (χ3v) is 3.31. The normalized spacial score (nSPS) is 9.81. The van der Waals surface area contributed by atoms with E-state index in [9.17, 15) is 9.59 Å². The highest BCUT2D eigenvalue weighted by atomic mass is 16.6. The van der Waals surface area contributed by atoms with Crippen LogP contribution in [0.5, 0.6) is 11.8 Å². The highest BCUT2D eigenvalue weighted by Crippen LogP contribution is 2.21. The minimum Gasteiger partial charge on any atom is -0.404 e. The van der Waals surface area contributed by atoms with Crippen molar-refractivity contribution in [3.8, 4) is 17.8 Å². The first-order valence-electron chi connectivity index (χ1n) is 7.54. The molecule has 1 radical (unpaired) electrons. The van der Waals surface area contributed by atoms with Crippen LogP contribution in [0.2, 0.25) is 0 Å². The molecule has 0 bridgehead atoms. The molecule has 6 nitrogen and oxygen atoms in total. The Morgan fingerprint density at radius 2 is 1.54 bits per heavy atom. The van der Waals surface area contributed by atoms with Gasteiger partial charge in [-0.25, -0.2) is 9.59 Å². The van der Waals surface area contributed by atoms with Crippen molar-refractivity contribution >= 4 is 11.9 Å². The van der Waals surface area contributed by atoms with Gasteiger partial charge in [-0.3, -0.25) is 0 Å². The summed E-state index contributed by atoms with van der Waals surface area (Å²) >= 11 is 0. The van der Waals surface area contributed by atoms with Crippen molar-refractivity contribution in [3.05, 3.63) is 89.5 Å². The standard InChI is InChI=1S/C20H11N2O4/c21-13-16-11-12-17(25-19(23)14-7-3-1-4-8-14)22-18(16)26-20(24)15-9-5-2-6-10-15/h1,3-12H. The second-order valence-electron chi connectivity index (χ2n) is 5.05. The Morgan fingerprint density at radius 1 is 0.885 bits per heavy atom. The van der Waals surface area contributed by atoms with Crippen LogP contribution in [0.4, 0.5) is 0 Å². The molecule has 0 spiro atoms. The maximum Gasteiger partial charge on any atom is 0.344 e. The fraction of sp³-hybridized carbons (Fsp3) is 0. The van der Waals surface area contributed by atoms with Crippen LogP contribution in [0.25, 0.3) is 0 Å². The smallest absolute Gasteiger partial charge is 0.344 e. The molecular weight excluding hydrogens is 332 g/mol. The molecule has 0 fully saturated rings. The summed E-state index contributed by atoms with van der Waals surface area (Å²) in [7, 11) is 0. The second kappa shape index (κ2) is 7.73. The molecule has 0 saturated carbocycles. The van der Waals surface area contributed by atoms with E-state index >= 15 is 0 Å². The molecule has 0 atom stereocenters. The Bertz CT molecular complexity index is 980. The molecule has 0 amide bonds. The van der Waals surface area contributed by atoms with Crippen molar-refractivity contribution in [2.75, 3.05) is 0 Å². The van der Waals surface area contributed by atoms with Crippen molar-refractivity contribution in [2.45, 2.75) is 0 Å². The lowest BCUT2D eigenvalue weighted by Crippen LogP contribution is -2.13. The van der Waals surface area contributed by atoms with Gasteiger partial charge in [0.2, 0.25) is 11.8 Å². The van der Waals surface area contributed by atoms with Gasteiger partial charge in [-0.15, -0.1) is 0 Å². The zero-order chi connectivity index (χ0) is 18.4. The Balaban J connectivity index is 1.82. The lowest BCUT2D eigenvalue weighted by atomic mass is 10.2. The number of rotatable bonds is 4. The van der Waals surface area contributed by atoms with E-state index in [1.54, 1.807) is 42.5 Å². The number of hydrogen-bond acceptors (Lipinski definition) is 6. The summed E-state index contributed by atoms with van der Waals surface area (Å²) < 4.78 is 10.3. The molecule has 125 valence electrons. The molecule has 3 rings (SSSR count). The largest absolute Gasteiger partial charge is 0.404 e. The maximum atomic E-state index is 12.1. The third-order valence-electron chi connectivity index (χ3n) is 3.31. The van der Waals surface area contributed by atoms with E-state index in [2.05, 4.69) is 11.1 Å². The third kappa shape index (κ3) is 3.91. The van der Waals surface area contributed by atoms with Crippen molar-refractivity contribution in [1.29, 1.82) is 5.26 Å². The number of hydrogen-bond donors (Lipinski definition) is 0. The summed E-state index contributed by atoms with van der Waals surface area (Å²) in [6, 6.07) is 21.9. The summed E-state index contributed by atoms with van der Waals surface area (Å²) in [5.41, 5.74) is 0.666. The van der Waals surface area contributed by atoms with E-state index in [-0.39, 0.29) is 22.9 Å². The zero-order valence-corrected chi connectivity index (χ0v) is 13.4. The first kappa shape index (κ1) is 16.9. The molecule has 1 aromatic heterocycles. The van der Waals surface area contributed by atoms with E-state index in [1.165, 1.54) is 24.3 Å². The van der Waals surface area contributed by atoms with Crippen molar-refractivity contribution in [1.82, 2.24) is 4.98 Å². The van der Waals surface area contributed by atoms with Crippen LogP contribution in [0.15, 0.2) is 66.7 Å². The Morgan fingerprint density at radius 3 is 2.23 bits per heavy atom. The molecule has 1 heterocycles. The van der Waals surface area contributed by atoms with Crippen molar-refractivity contribution in [2.24, 2.45) is 0 Å². The topological polar surface area (TPSA) is 89.3 Å². The summed E-state index contributed by atoms with van der Waals surface area (Å²) in [5.74, 6) is -1.61. The van der Waals surface area contributed by atoms with Crippen LogP contribution in [-0.2, 0) is 0 Å². The van der Waals surface area contributed by atoms with Gasteiger partial charge in [0.05, 0.1) is 11.1 Å². The SMILES string of the molecule is N#Cc1ccc(OC(=O)c2ccccc2)nc1OC(=O)c1cc[c]cc1. The minimum atomic E-state index is -0.686. The molecule has 0 aliphatic rings.